The van der Waals surface area contributed by atoms with Crippen molar-refractivity contribution in [3.8, 4) is 11.3 Å². The molecule has 0 spiro atoms. The van der Waals surface area contributed by atoms with E-state index in [1.54, 1.807) is 0 Å². The van der Waals surface area contributed by atoms with Crippen molar-refractivity contribution >= 4 is 22.7 Å². The van der Waals surface area contributed by atoms with E-state index in [1.807, 2.05) is 58.3 Å². The molecule has 2 heterocycles. The van der Waals surface area contributed by atoms with Gasteiger partial charge in [-0.25, -0.2) is 0 Å². The summed E-state index contributed by atoms with van der Waals surface area (Å²) in [5.74, 6) is 0.284. The second-order valence-corrected chi connectivity index (χ2v) is 8.69. The van der Waals surface area contributed by atoms with Crippen LogP contribution in [0.5, 0.6) is 0 Å². The molecule has 2 aromatic carbocycles. The first-order valence-corrected chi connectivity index (χ1v) is 10.7. The van der Waals surface area contributed by atoms with Gasteiger partial charge in [0, 0.05) is 48.1 Å². The van der Waals surface area contributed by atoms with Gasteiger partial charge in [-0.05, 0) is 31.0 Å². The number of para-hydroxylation sites is 1. The van der Waals surface area contributed by atoms with Crippen LogP contribution in [0.2, 0.25) is 0 Å². The van der Waals surface area contributed by atoms with E-state index >= 15 is 0 Å². The highest BCUT2D eigenvalue weighted by Crippen LogP contribution is 2.42. The van der Waals surface area contributed by atoms with Crippen molar-refractivity contribution in [2.45, 2.75) is 26.2 Å². The molecule has 3 aromatic rings. The van der Waals surface area contributed by atoms with Crippen LogP contribution < -0.4 is 0 Å². The van der Waals surface area contributed by atoms with Gasteiger partial charge in [-0.1, -0.05) is 43.7 Å². The largest absolute Gasteiger partial charge is 0.339 e. The molecule has 1 N–H and O–H groups in total. The Balaban J connectivity index is 1.25. The number of rotatable bonds is 3. The van der Waals surface area contributed by atoms with Crippen LogP contribution >= 0.6 is 0 Å². The minimum Gasteiger partial charge on any atom is -0.339 e. The summed E-state index contributed by atoms with van der Waals surface area (Å²) in [6.45, 7) is 4.49. The zero-order valence-electron chi connectivity index (χ0n) is 17.2. The number of amides is 2. The van der Waals surface area contributed by atoms with Crippen LogP contribution in [0.15, 0.2) is 48.5 Å². The van der Waals surface area contributed by atoms with Crippen LogP contribution in [0.1, 0.15) is 36.5 Å². The van der Waals surface area contributed by atoms with Gasteiger partial charge in [-0.2, -0.15) is 5.10 Å². The third-order valence-electron chi connectivity index (χ3n) is 6.70. The molecule has 2 amide bonds. The normalized spacial score (nSPS) is 18.3. The molecular formula is C24H26N4O2. The molecule has 154 valence electrons. The molecule has 0 atom stereocenters. The molecule has 2 fully saturated rings. The van der Waals surface area contributed by atoms with Crippen LogP contribution in [-0.4, -0.2) is 58.0 Å². The van der Waals surface area contributed by atoms with Gasteiger partial charge in [0.2, 0.25) is 5.91 Å². The van der Waals surface area contributed by atoms with Gasteiger partial charge in [-0.15, -0.1) is 0 Å². The molecule has 1 aliphatic heterocycles. The van der Waals surface area contributed by atoms with Gasteiger partial charge in [0.15, 0.2) is 0 Å². The summed E-state index contributed by atoms with van der Waals surface area (Å²) < 4.78 is 0. The number of carbonyl (C=O) groups is 2. The average Bonchev–Trinajstić information content (AvgIpc) is 3.21. The Kier molecular flexibility index (Phi) is 4.57. The number of benzene rings is 2. The highest BCUT2D eigenvalue weighted by Gasteiger charge is 2.42. The Morgan fingerprint density at radius 2 is 1.60 bits per heavy atom. The fourth-order valence-corrected chi connectivity index (χ4v) is 4.55. The van der Waals surface area contributed by atoms with Gasteiger partial charge >= 0.3 is 0 Å². The predicted octanol–water partition coefficient (Wildman–Crippen LogP) is 3.70. The van der Waals surface area contributed by atoms with Crippen molar-refractivity contribution < 1.29 is 9.59 Å². The van der Waals surface area contributed by atoms with Crippen LogP contribution in [-0.2, 0) is 4.79 Å². The Hall–Kier alpha value is -3.15. The second-order valence-electron chi connectivity index (χ2n) is 8.69. The molecule has 6 nitrogen and oxygen atoms in total. The van der Waals surface area contributed by atoms with Crippen LogP contribution in [0.3, 0.4) is 0 Å². The fourth-order valence-electron chi connectivity index (χ4n) is 4.55. The lowest BCUT2D eigenvalue weighted by atomic mass is 9.69. The quantitative estimate of drug-likeness (QED) is 0.726. The highest BCUT2D eigenvalue weighted by molar-refractivity contribution is 5.96. The van der Waals surface area contributed by atoms with Gasteiger partial charge in [0.05, 0.1) is 11.2 Å². The first-order chi connectivity index (χ1) is 14.5. The summed E-state index contributed by atoms with van der Waals surface area (Å²) in [5, 5.41) is 8.55. The Morgan fingerprint density at radius 3 is 2.27 bits per heavy atom. The number of nitrogens with zero attached hydrogens (tertiary/aromatic N) is 3. The van der Waals surface area contributed by atoms with E-state index in [0.29, 0.717) is 31.7 Å². The summed E-state index contributed by atoms with van der Waals surface area (Å²) in [4.78, 5) is 29.4. The highest BCUT2D eigenvalue weighted by atomic mass is 16.2. The van der Waals surface area contributed by atoms with Crippen molar-refractivity contribution in [3.63, 3.8) is 0 Å². The number of aromatic amines is 1. The van der Waals surface area contributed by atoms with E-state index < -0.39 is 0 Å². The Labute approximate surface area is 175 Å². The molecule has 1 aromatic heterocycles. The number of carbonyl (C=O) groups excluding carboxylic acids is 2. The van der Waals surface area contributed by atoms with Crippen LogP contribution in [0, 0.1) is 5.41 Å². The molecule has 0 radical (unpaired) electrons. The number of piperazine rings is 1. The maximum Gasteiger partial charge on any atom is 0.253 e. The Morgan fingerprint density at radius 1 is 0.933 bits per heavy atom. The van der Waals surface area contributed by atoms with E-state index in [9.17, 15) is 9.59 Å². The zero-order valence-corrected chi connectivity index (χ0v) is 17.2. The van der Waals surface area contributed by atoms with E-state index in [2.05, 4.69) is 17.1 Å². The summed E-state index contributed by atoms with van der Waals surface area (Å²) in [7, 11) is 0. The van der Waals surface area contributed by atoms with Gasteiger partial charge in [0.1, 0.15) is 0 Å². The third kappa shape index (κ3) is 3.16. The molecule has 1 saturated heterocycles. The number of fused-ring (bicyclic) bond motifs is 1. The van der Waals surface area contributed by atoms with E-state index in [-0.39, 0.29) is 17.2 Å². The zero-order chi connectivity index (χ0) is 20.7. The first kappa shape index (κ1) is 18.9. The number of nitrogens with one attached hydrogen (secondary N) is 1. The van der Waals surface area contributed by atoms with Crippen molar-refractivity contribution in [2.75, 3.05) is 26.2 Å². The Bertz CT molecular complexity index is 1090. The van der Waals surface area contributed by atoms with Crippen LogP contribution in [0.25, 0.3) is 22.2 Å². The van der Waals surface area contributed by atoms with E-state index in [1.165, 1.54) is 0 Å². The molecule has 1 saturated carbocycles. The smallest absolute Gasteiger partial charge is 0.253 e. The number of hydrogen-bond acceptors (Lipinski definition) is 3. The lowest BCUT2D eigenvalue weighted by Crippen LogP contribution is -2.55. The number of H-pyrrole nitrogens is 1. The summed E-state index contributed by atoms with van der Waals surface area (Å²) in [5.41, 5.74) is 3.37. The lowest BCUT2D eigenvalue weighted by Gasteiger charge is -2.43. The lowest BCUT2D eigenvalue weighted by molar-refractivity contribution is -0.147. The second kappa shape index (κ2) is 7.27. The van der Waals surface area contributed by atoms with Gasteiger partial charge in [0.25, 0.3) is 5.91 Å². The topological polar surface area (TPSA) is 69.3 Å². The fraction of sp³-hybridized carbons (Fsp3) is 0.375. The molecule has 5 rings (SSSR count). The van der Waals surface area contributed by atoms with E-state index in [4.69, 9.17) is 0 Å². The number of aromatic nitrogens is 2. The van der Waals surface area contributed by atoms with Crippen molar-refractivity contribution in [2.24, 2.45) is 5.41 Å². The third-order valence-corrected chi connectivity index (χ3v) is 6.70. The monoisotopic (exact) mass is 402 g/mol. The standard InChI is InChI=1S/C24H26N4O2/c1-24(11-4-12-24)23(30)28-15-13-27(14-16-28)22(29)18-9-7-17(8-10-18)21-19-5-2-3-6-20(19)25-26-21/h2-3,5-10H,4,11-16H2,1H3,(H,25,26). The van der Waals surface area contributed by atoms with Crippen molar-refractivity contribution in [3.05, 3.63) is 54.1 Å². The SMILES string of the molecule is CC1(C(=O)N2CCN(C(=O)c3ccc(-c4n[nH]c5ccccc45)cc3)CC2)CCC1. The maximum atomic E-state index is 13.0. The molecule has 0 unspecified atom stereocenters. The summed E-state index contributed by atoms with van der Waals surface area (Å²) >= 11 is 0. The number of hydrogen-bond donors (Lipinski definition) is 1. The first-order valence-electron chi connectivity index (χ1n) is 10.7. The predicted molar refractivity (Wildman–Crippen MR) is 116 cm³/mol. The molecule has 30 heavy (non-hydrogen) atoms. The summed E-state index contributed by atoms with van der Waals surface area (Å²) in [6.07, 6.45) is 3.12. The molecule has 2 aliphatic rings. The van der Waals surface area contributed by atoms with Crippen molar-refractivity contribution in [1.29, 1.82) is 0 Å². The van der Waals surface area contributed by atoms with Gasteiger partial charge < -0.3 is 9.80 Å². The molecule has 6 heteroatoms. The molecular weight excluding hydrogens is 376 g/mol. The van der Waals surface area contributed by atoms with Crippen LogP contribution in [0.4, 0.5) is 0 Å². The molecule has 0 bridgehead atoms. The average molecular weight is 402 g/mol. The van der Waals surface area contributed by atoms with Crippen molar-refractivity contribution in [1.82, 2.24) is 20.0 Å². The molecule has 1 aliphatic carbocycles. The summed E-state index contributed by atoms with van der Waals surface area (Å²) in [6, 6.07) is 15.7. The minimum absolute atomic E-state index is 0.0235. The van der Waals surface area contributed by atoms with Gasteiger partial charge in [-0.3, -0.25) is 14.7 Å². The maximum absolute atomic E-state index is 13.0. The van der Waals surface area contributed by atoms with E-state index in [0.717, 1.165) is 41.4 Å². The minimum atomic E-state index is -0.168.